The van der Waals surface area contributed by atoms with E-state index in [2.05, 4.69) is 31.5 Å². The lowest BCUT2D eigenvalue weighted by Gasteiger charge is -2.34. The van der Waals surface area contributed by atoms with Gasteiger partial charge < -0.3 is 10.6 Å². The molecule has 2 amide bonds. The van der Waals surface area contributed by atoms with Crippen LogP contribution >= 0.6 is 15.9 Å². The number of carbonyl (C=O) groups is 2. The topological polar surface area (TPSA) is 98.8 Å². The summed E-state index contributed by atoms with van der Waals surface area (Å²) in [4.78, 5) is 26.6. The Hall–Kier alpha value is -2.79. The summed E-state index contributed by atoms with van der Waals surface area (Å²) in [6.45, 7) is 4.55. The van der Waals surface area contributed by atoms with Gasteiger partial charge in [0.1, 0.15) is 0 Å². The number of hydrogen-bond acceptors (Lipinski definition) is 5. The van der Waals surface area contributed by atoms with E-state index < -0.39 is 21.8 Å². The van der Waals surface area contributed by atoms with Gasteiger partial charge in [-0.05, 0) is 53.6 Å². The first-order valence-corrected chi connectivity index (χ1v) is 13.5. The number of aryl methyl sites for hydroxylation is 1. The van der Waals surface area contributed by atoms with Crippen molar-refractivity contribution in [3.63, 3.8) is 0 Å². The Kier molecular flexibility index (Phi) is 7.85. The number of hydrogen-bond donors (Lipinski definition) is 2. The Morgan fingerprint density at radius 3 is 2.34 bits per heavy atom. The number of halogens is 1. The highest BCUT2D eigenvalue weighted by Gasteiger charge is 2.28. The summed E-state index contributed by atoms with van der Waals surface area (Å²) in [7, 11) is -3.58. The molecule has 3 aromatic carbocycles. The number of nitrogens with zero attached hydrogens (tertiary/aromatic N) is 2. The monoisotopic (exact) mass is 558 g/mol. The van der Waals surface area contributed by atoms with Crippen LogP contribution in [0.2, 0.25) is 0 Å². The van der Waals surface area contributed by atoms with Crippen molar-refractivity contribution in [3.8, 4) is 0 Å². The smallest absolute Gasteiger partial charge is 0.313 e. The average Bonchev–Trinajstić information content (AvgIpc) is 2.86. The first-order chi connectivity index (χ1) is 16.7. The van der Waals surface area contributed by atoms with Crippen LogP contribution in [0.4, 0.5) is 5.69 Å². The standard InChI is InChI=1S/C25H27BrN4O4S/c1-18-16-21(7-9-23(18)26)28-25(32)24(31)27-10-11-29-12-14-30(15-13-29)35(33,34)22-8-6-19-4-2-3-5-20(19)17-22/h2-9,16-17H,10-15H2,1H3,(H,27,31)(H,28,32). The summed E-state index contributed by atoms with van der Waals surface area (Å²) in [5.74, 6) is -1.43. The summed E-state index contributed by atoms with van der Waals surface area (Å²) < 4.78 is 28.6. The molecule has 0 atom stereocenters. The fourth-order valence-electron chi connectivity index (χ4n) is 3.99. The number of anilines is 1. The maximum atomic E-state index is 13.1. The van der Waals surface area contributed by atoms with Crippen LogP contribution in [-0.2, 0) is 19.6 Å². The summed E-state index contributed by atoms with van der Waals surface area (Å²) in [6.07, 6.45) is 0. The maximum Gasteiger partial charge on any atom is 0.313 e. The highest BCUT2D eigenvalue weighted by molar-refractivity contribution is 9.10. The largest absolute Gasteiger partial charge is 0.347 e. The average molecular weight is 559 g/mol. The molecule has 0 aromatic heterocycles. The predicted octanol–water partition coefficient (Wildman–Crippen LogP) is 2.97. The van der Waals surface area contributed by atoms with E-state index in [0.29, 0.717) is 49.9 Å². The Labute approximate surface area is 213 Å². The summed E-state index contributed by atoms with van der Waals surface area (Å²) in [6, 6.07) is 18.2. The lowest BCUT2D eigenvalue weighted by atomic mass is 10.1. The molecule has 2 N–H and O–H groups in total. The van der Waals surface area contributed by atoms with Crippen LogP contribution in [0, 0.1) is 6.92 Å². The number of piperazine rings is 1. The van der Waals surface area contributed by atoms with Crippen molar-refractivity contribution in [1.82, 2.24) is 14.5 Å². The molecule has 0 aliphatic carbocycles. The molecule has 0 spiro atoms. The lowest BCUT2D eigenvalue weighted by Crippen LogP contribution is -2.50. The van der Waals surface area contributed by atoms with Crippen LogP contribution in [0.15, 0.2) is 70.0 Å². The van der Waals surface area contributed by atoms with Crippen molar-refractivity contribution >= 4 is 54.2 Å². The molecular weight excluding hydrogens is 532 g/mol. The van der Waals surface area contributed by atoms with Crippen molar-refractivity contribution in [2.24, 2.45) is 0 Å². The molecule has 0 unspecified atom stereocenters. The number of fused-ring (bicyclic) bond motifs is 1. The van der Waals surface area contributed by atoms with Crippen LogP contribution in [0.5, 0.6) is 0 Å². The molecule has 1 fully saturated rings. The van der Waals surface area contributed by atoms with Crippen LogP contribution in [0.25, 0.3) is 10.8 Å². The lowest BCUT2D eigenvalue weighted by molar-refractivity contribution is -0.136. The highest BCUT2D eigenvalue weighted by atomic mass is 79.9. The van der Waals surface area contributed by atoms with E-state index in [1.54, 1.807) is 24.3 Å². The molecular formula is C25H27BrN4O4S. The Bertz CT molecular complexity index is 1350. The molecule has 184 valence electrons. The first kappa shape index (κ1) is 25.3. The third kappa shape index (κ3) is 6.07. The Morgan fingerprint density at radius 1 is 0.914 bits per heavy atom. The Balaban J connectivity index is 1.24. The van der Waals surface area contributed by atoms with Gasteiger partial charge in [0.05, 0.1) is 4.90 Å². The summed E-state index contributed by atoms with van der Waals surface area (Å²) >= 11 is 3.40. The molecule has 1 heterocycles. The van der Waals surface area contributed by atoms with Crippen molar-refractivity contribution in [2.75, 3.05) is 44.6 Å². The third-order valence-electron chi connectivity index (χ3n) is 6.03. The number of sulfonamides is 1. The number of nitrogens with one attached hydrogen (secondary N) is 2. The van der Waals surface area contributed by atoms with Gasteiger partial charge in [0, 0.05) is 49.4 Å². The first-order valence-electron chi connectivity index (χ1n) is 11.3. The SMILES string of the molecule is Cc1cc(NC(=O)C(=O)NCCN2CCN(S(=O)(=O)c3ccc4ccccc4c3)CC2)ccc1Br. The minimum absolute atomic E-state index is 0.295. The third-order valence-corrected chi connectivity index (χ3v) is 8.81. The molecule has 3 aromatic rings. The van der Waals surface area contributed by atoms with Crippen molar-refractivity contribution in [2.45, 2.75) is 11.8 Å². The second kappa shape index (κ2) is 10.9. The number of rotatable bonds is 6. The van der Waals surface area contributed by atoms with Gasteiger partial charge in [0.15, 0.2) is 0 Å². The highest BCUT2D eigenvalue weighted by Crippen LogP contribution is 2.23. The van der Waals surface area contributed by atoms with E-state index in [9.17, 15) is 18.0 Å². The summed E-state index contributed by atoms with van der Waals surface area (Å²) in [5, 5.41) is 7.10. The van der Waals surface area contributed by atoms with E-state index in [1.807, 2.05) is 43.3 Å². The van der Waals surface area contributed by atoms with Crippen LogP contribution < -0.4 is 10.6 Å². The molecule has 1 aliphatic heterocycles. The van der Waals surface area contributed by atoms with E-state index in [4.69, 9.17) is 0 Å². The molecule has 0 saturated carbocycles. The van der Waals surface area contributed by atoms with E-state index in [1.165, 1.54) is 4.31 Å². The fourth-order valence-corrected chi connectivity index (χ4v) is 5.69. The van der Waals surface area contributed by atoms with Gasteiger partial charge >= 0.3 is 11.8 Å². The van der Waals surface area contributed by atoms with Gasteiger partial charge in [0.25, 0.3) is 0 Å². The molecule has 0 bridgehead atoms. The molecule has 35 heavy (non-hydrogen) atoms. The molecule has 0 radical (unpaired) electrons. The zero-order valence-corrected chi connectivity index (χ0v) is 21.7. The normalized spacial score (nSPS) is 15.1. The van der Waals surface area contributed by atoms with Crippen LogP contribution in [0.1, 0.15) is 5.56 Å². The van der Waals surface area contributed by atoms with Crippen molar-refractivity contribution in [1.29, 1.82) is 0 Å². The molecule has 1 aliphatic rings. The number of amides is 2. The quantitative estimate of drug-likeness (QED) is 0.453. The molecule has 1 saturated heterocycles. The second-order valence-corrected chi connectivity index (χ2v) is 11.2. The molecule has 10 heteroatoms. The van der Waals surface area contributed by atoms with Gasteiger partial charge in [-0.1, -0.05) is 46.3 Å². The van der Waals surface area contributed by atoms with Gasteiger partial charge in [-0.2, -0.15) is 4.31 Å². The van der Waals surface area contributed by atoms with E-state index in [-0.39, 0.29) is 0 Å². The number of benzene rings is 3. The minimum Gasteiger partial charge on any atom is -0.347 e. The zero-order chi connectivity index (χ0) is 25.0. The van der Waals surface area contributed by atoms with E-state index >= 15 is 0 Å². The number of carbonyl (C=O) groups excluding carboxylic acids is 2. The van der Waals surface area contributed by atoms with Crippen molar-refractivity contribution in [3.05, 3.63) is 70.7 Å². The minimum atomic E-state index is -3.58. The van der Waals surface area contributed by atoms with Crippen LogP contribution in [0.3, 0.4) is 0 Å². The zero-order valence-electron chi connectivity index (χ0n) is 19.3. The summed E-state index contributed by atoms with van der Waals surface area (Å²) in [5.41, 5.74) is 1.50. The van der Waals surface area contributed by atoms with Gasteiger partial charge in [0.2, 0.25) is 10.0 Å². The maximum absolute atomic E-state index is 13.1. The van der Waals surface area contributed by atoms with Gasteiger partial charge in [-0.15, -0.1) is 0 Å². The van der Waals surface area contributed by atoms with Crippen LogP contribution in [-0.4, -0.2) is 68.7 Å². The van der Waals surface area contributed by atoms with E-state index in [0.717, 1.165) is 20.8 Å². The van der Waals surface area contributed by atoms with Crippen molar-refractivity contribution < 1.29 is 18.0 Å². The van der Waals surface area contributed by atoms with Gasteiger partial charge in [-0.3, -0.25) is 14.5 Å². The predicted molar refractivity (Wildman–Crippen MR) is 140 cm³/mol. The van der Waals surface area contributed by atoms with Gasteiger partial charge in [-0.25, -0.2) is 8.42 Å². The Morgan fingerprint density at radius 2 is 1.63 bits per heavy atom. The molecule has 8 nitrogen and oxygen atoms in total. The fraction of sp³-hybridized carbons (Fsp3) is 0.280. The molecule has 4 rings (SSSR count). The second-order valence-electron chi connectivity index (χ2n) is 8.43.